The molecule has 2 aliphatic rings. The number of hydrogen-bond acceptors (Lipinski definition) is 9. The van der Waals surface area contributed by atoms with Crippen molar-refractivity contribution in [3.8, 4) is 0 Å². The van der Waals surface area contributed by atoms with E-state index in [1.54, 1.807) is 26.0 Å². The average molecular weight is 590 g/mol. The van der Waals surface area contributed by atoms with E-state index in [4.69, 9.17) is 19.9 Å². The van der Waals surface area contributed by atoms with Gasteiger partial charge in [-0.2, -0.15) is 0 Å². The quantitative estimate of drug-likeness (QED) is 0.269. The lowest BCUT2D eigenvalue weighted by molar-refractivity contribution is -0.120. The summed E-state index contributed by atoms with van der Waals surface area (Å²) in [6.45, 7) is 9.60. The second kappa shape index (κ2) is 16.4. The number of nitrogens with two attached hydrogens (primary N) is 1. The van der Waals surface area contributed by atoms with Crippen molar-refractivity contribution in [2.45, 2.75) is 91.1 Å². The van der Waals surface area contributed by atoms with Gasteiger partial charge in [-0.25, -0.2) is 4.79 Å². The summed E-state index contributed by atoms with van der Waals surface area (Å²) in [5, 5.41) is 17.0. The van der Waals surface area contributed by atoms with E-state index in [0.717, 1.165) is 12.5 Å². The predicted molar refractivity (Wildman–Crippen MR) is 158 cm³/mol. The van der Waals surface area contributed by atoms with E-state index >= 15 is 0 Å². The summed E-state index contributed by atoms with van der Waals surface area (Å²) in [6, 6.07) is 0. The highest BCUT2D eigenvalue weighted by molar-refractivity contribution is 6.23. The highest BCUT2D eigenvalue weighted by Gasteiger charge is 2.33. The number of aliphatic hydroxyl groups is 1. The van der Waals surface area contributed by atoms with Gasteiger partial charge in [-0.05, 0) is 57.4 Å². The first-order chi connectivity index (χ1) is 19.8. The molecule has 11 nitrogen and oxygen atoms in total. The number of Topliss-reactive ketones (excluding diaryl/α,β-unsaturated/α-hetero) is 1. The zero-order valence-corrected chi connectivity index (χ0v) is 25.8. The number of primary amides is 1. The van der Waals surface area contributed by atoms with Crippen LogP contribution in [-0.2, 0) is 28.6 Å². The SMILES string of the molecule is CCCNC1=C2C[C@@H](C)C[C@H](OC)[C@H](O)[C@@H](C)/C=C(\C)[C@H](OC(N)=O)[C@@H](OC)CC/C=C(\C)C(=O)NC(=CC1=O)C2=O. The normalized spacial score (nSPS) is 31.3. The van der Waals surface area contributed by atoms with Crippen molar-refractivity contribution < 1.29 is 38.5 Å². The van der Waals surface area contributed by atoms with Crippen LogP contribution in [0.1, 0.15) is 66.7 Å². The first kappa shape index (κ1) is 34.9. The number of methoxy groups -OCH3 is 2. The molecule has 2 bridgehead atoms. The monoisotopic (exact) mass is 589 g/mol. The summed E-state index contributed by atoms with van der Waals surface area (Å²) in [6.07, 6.45) is 2.88. The summed E-state index contributed by atoms with van der Waals surface area (Å²) >= 11 is 0. The Balaban J connectivity index is 2.56. The first-order valence-corrected chi connectivity index (χ1v) is 14.5. The van der Waals surface area contributed by atoms with Gasteiger partial charge in [0, 0.05) is 43.9 Å². The van der Waals surface area contributed by atoms with Crippen molar-refractivity contribution in [1.82, 2.24) is 10.6 Å². The van der Waals surface area contributed by atoms with Crippen LogP contribution < -0.4 is 16.4 Å². The largest absolute Gasteiger partial charge is 0.439 e. The Labute approximate surface area is 248 Å². The van der Waals surface area contributed by atoms with Gasteiger partial charge >= 0.3 is 6.09 Å². The summed E-state index contributed by atoms with van der Waals surface area (Å²) in [5.74, 6) is -1.89. The molecular weight excluding hydrogens is 542 g/mol. The van der Waals surface area contributed by atoms with Gasteiger partial charge in [-0.3, -0.25) is 14.4 Å². The minimum Gasteiger partial charge on any atom is -0.439 e. The van der Waals surface area contributed by atoms with Gasteiger partial charge in [-0.1, -0.05) is 32.9 Å². The topological polar surface area (TPSA) is 166 Å². The summed E-state index contributed by atoms with van der Waals surface area (Å²) in [7, 11) is 3.00. The molecule has 5 N–H and O–H groups in total. The Morgan fingerprint density at radius 1 is 1.14 bits per heavy atom. The Morgan fingerprint density at radius 3 is 2.40 bits per heavy atom. The molecule has 1 heterocycles. The molecule has 1 aliphatic carbocycles. The molecule has 11 heteroatoms. The van der Waals surface area contributed by atoms with Gasteiger partial charge in [0.2, 0.25) is 11.6 Å². The summed E-state index contributed by atoms with van der Waals surface area (Å²) in [4.78, 5) is 51.4. The maximum atomic E-state index is 13.6. The number of amides is 2. The number of fused-ring (bicyclic) bond motifs is 2. The van der Waals surface area contributed by atoms with E-state index in [0.29, 0.717) is 42.5 Å². The van der Waals surface area contributed by atoms with E-state index in [1.807, 2.05) is 20.8 Å². The number of ether oxygens (including phenoxy) is 3. The van der Waals surface area contributed by atoms with Gasteiger partial charge in [0.15, 0.2) is 6.10 Å². The van der Waals surface area contributed by atoms with Crippen LogP contribution in [0.2, 0.25) is 0 Å². The van der Waals surface area contributed by atoms with Crippen molar-refractivity contribution >= 4 is 23.6 Å². The van der Waals surface area contributed by atoms with Gasteiger partial charge in [0.25, 0.3) is 5.91 Å². The molecule has 0 radical (unpaired) electrons. The van der Waals surface area contributed by atoms with Crippen molar-refractivity contribution in [3.63, 3.8) is 0 Å². The Morgan fingerprint density at radius 2 is 1.81 bits per heavy atom. The minimum absolute atomic E-state index is 0.0821. The smallest absolute Gasteiger partial charge is 0.405 e. The standard InChI is InChI=1S/C31H47N3O8/c1-8-12-33-26-21-13-17(2)14-25(41-7)27(36)19(4)15-20(5)29(42-31(32)39)24(40-6)11-9-10-18(3)30(38)34-22(28(21)37)16-23(26)35/h10,15-17,19,24-25,27,29,33,36H,8-9,11-14H2,1-7H3,(H2,32,39)(H,34,38)/b18-10+,20-15+/t17-,19+,24+,25+,27-,29+/m1/s1. The third-order valence-corrected chi connectivity index (χ3v) is 7.67. The molecule has 0 aromatic heterocycles. The Kier molecular flexibility index (Phi) is 13.6. The maximum Gasteiger partial charge on any atom is 0.405 e. The van der Waals surface area contributed by atoms with Crippen LogP contribution in [0.15, 0.2) is 46.3 Å². The number of allylic oxidation sites excluding steroid dienone is 3. The summed E-state index contributed by atoms with van der Waals surface area (Å²) < 4.78 is 16.7. The highest BCUT2D eigenvalue weighted by Crippen LogP contribution is 2.29. The fourth-order valence-electron chi connectivity index (χ4n) is 5.33. The minimum atomic E-state index is -0.961. The number of carbonyl (C=O) groups excluding carboxylic acids is 4. The van der Waals surface area contributed by atoms with Crippen LogP contribution in [0, 0.1) is 11.8 Å². The average Bonchev–Trinajstić information content (AvgIpc) is 2.94. The molecule has 234 valence electrons. The van der Waals surface area contributed by atoms with Crippen molar-refractivity contribution in [2.24, 2.45) is 17.6 Å². The van der Waals surface area contributed by atoms with E-state index in [-0.39, 0.29) is 29.5 Å². The second-order valence-corrected chi connectivity index (χ2v) is 11.2. The van der Waals surface area contributed by atoms with Crippen LogP contribution in [0.5, 0.6) is 0 Å². The number of nitrogens with one attached hydrogen (secondary N) is 2. The van der Waals surface area contributed by atoms with Crippen molar-refractivity contribution in [3.05, 3.63) is 46.3 Å². The van der Waals surface area contributed by atoms with Crippen LogP contribution >= 0.6 is 0 Å². The predicted octanol–water partition coefficient (Wildman–Crippen LogP) is 2.99. The van der Waals surface area contributed by atoms with Crippen LogP contribution in [0.4, 0.5) is 4.79 Å². The molecule has 0 saturated carbocycles. The van der Waals surface area contributed by atoms with E-state index in [1.165, 1.54) is 14.2 Å². The second-order valence-electron chi connectivity index (χ2n) is 11.2. The Bertz CT molecular complexity index is 1140. The molecule has 0 saturated heterocycles. The number of ketones is 2. The number of aliphatic hydroxyl groups excluding tert-OH is 1. The maximum absolute atomic E-state index is 13.6. The first-order valence-electron chi connectivity index (χ1n) is 14.5. The Hall–Kier alpha value is -3.28. The third-order valence-electron chi connectivity index (χ3n) is 7.67. The molecule has 0 spiro atoms. The van der Waals surface area contributed by atoms with Gasteiger partial charge in [0.1, 0.15) is 0 Å². The zero-order chi connectivity index (χ0) is 31.6. The molecule has 0 aromatic rings. The van der Waals surface area contributed by atoms with Crippen LogP contribution in [0.25, 0.3) is 0 Å². The molecule has 0 unspecified atom stereocenters. The van der Waals surface area contributed by atoms with E-state index < -0.39 is 48.1 Å². The molecular formula is C31H47N3O8. The van der Waals surface area contributed by atoms with Gasteiger partial charge < -0.3 is 35.7 Å². The molecule has 1 aliphatic heterocycles. The fourth-order valence-corrected chi connectivity index (χ4v) is 5.33. The number of carbonyl (C=O) groups is 4. The highest BCUT2D eigenvalue weighted by atomic mass is 16.6. The van der Waals surface area contributed by atoms with Crippen molar-refractivity contribution in [2.75, 3.05) is 20.8 Å². The molecule has 6 atom stereocenters. The third kappa shape index (κ3) is 9.37. The molecule has 42 heavy (non-hydrogen) atoms. The van der Waals surface area contributed by atoms with Crippen LogP contribution in [-0.4, -0.2) is 73.9 Å². The summed E-state index contributed by atoms with van der Waals surface area (Å²) in [5.41, 5.74) is 6.80. The van der Waals surface area contributed by atoms with E-state index in [2.05, 4.69) is 10.6 Å². The lowest BCUT2D eigenvalue weighted by Gasteiger charge is -2.30. The van der Waals surface area contributed by atoms with Crippen LogP contribution in [0.3, 0.4) is 0 Å². The molecule has 0 fully saturated rings. The number of hydrogen-bond donors (Lipinski definition) is 4. The van der Waals surface area contributed by atoms with E-state index in [9.17, 15) is 24.3 Å². The van der Waals surface area contributed by atoms with Crippen molar-refractivity contribution in [1.29, 1.82) is 0 Å². The molecule has 2 amide bonds. The zero-order valence-electron chi connectivity index (χ0n) is 25.8. The van der Waals surface area contributed by atoms with Gasteiger partial charge in [-0.15, -0.1) is 0 Å². The van der Waals surface area contributed by atoms with Gasteiger partial charge in [0.05, 0.1) is 29.7 Å². The fraction of sp³-hybridized carbons (Fsp3) is 0.613. The molecule has 0 aromatic carbocycles. The lowest BCUT2D eigenvalue weighted by atomic mass is 9.85. The lowest BCUT2D eigenvalue weighted by Crippen LogP contribution is -2.38. The number of rotatable bonds is 6. The molecule has 2 rings (SSSR count).